The Hall–Kier alpha value is -0.840. The molecule has 1 atom stereocenters. The molecule has 21 heavy (non-hydrogen) atoms. The van der Waals surface area contributed by atoms with E-state index in [-0.39, 0.29) is 0 Å². The summed E-state index contributed by atoms with van der Waals surface area (Å²) in [5.74, 6) is 0. The number of aromatic nitrogens is 1. The zero-order valence-electron chi connectivity index (χ0n) is 12.4. The van der Waals surface area contributed by atoms with E-state index in [1.807, 2.05) is 11.6 Å². The van der Waals surface area contributed by atoms with Gasteiger partial charge in [0, 0.05) is 12.6 Å². The zero-order valence-corrected chi connectivity index (χ0v) is 14.0. The van der Waals surface area contributed by atoms with E-state index in [0.717, 1.165) is 16.2 Å². The van der Waals surface area contributed by atoms with Crippen LogP contribution in [0.15, 0.2) is 17.6 Å². The van der Waals surface area contributed by atoms with Gasteiger partial charge in [0.15, 0.2) is 0 Å². The average molecular weight is 324 g/mol. The molecule has 0 aliphatic carbocycles. The van der Waals surface area contributed by atoms with Crippen LogP contribution in [-0.2, 0) is 0 Å². The molecule has 0 amide bonds. The first kappa shape index (κ1) is 15.1. The molecule has 2 heterocycles. The molecule has 1 unspecified atom stereocenters. The van der Waals surface area contributed by atoms with Crippen molar-refractivity contribution in [3.05, 3.63) is 22.7 Å². The number of fused-ring (bicyclic) bond motifs is 1. The molecule has 1 aliphatic rings. The molecule has 0 bridgehead atoms. The van der Waals surface area contributed by atoms with Gasteiger partial charge < -0.3 is 10.2 Å². The molecule has 0 saturated carbocycles. The third-order valence-corrected chi connectivity index (χ3v) is 5.27. The van der Waals surface area contributed by atoms with E-state index < -0.39 is 0 Å². The summed E-state index contributed by atoms with van der Waals surface area (Å²) in [7, 11) is 0. The molecule has 114 valence electrons. The Kier molecular flexibility index (Phi) is 4.99. The van der Waals surface area contributed by atoms with E-state index in [9.17, 15) is 0 Å². The Morgan fingerprint density at radius 2 is 2.29 bits per heavy atom. The summed E-state index contributed by atoms with van der Waals surface area (Å²) in [5, 5.41) is 4.45. The van der Waals surface area contributed by atoms with Gasteiger partial charge in [-0.1, -0.05) is 18.5 Å². The molecule has 1 aromatic carbocycles. The van der Waals surface area contributed by atoms with Crippen LogP contribution in [0.1, 0.15) is 32.6 Å². The molecule has 1 saturated heterocycles. The molecule has 1 fully saturated rings. The topological polar surface area (TPSA) is 28.2 Å². The number of hydrogen-bond acceptors (Lipinski definition) is 4. The predicted molar refractivity (Wildman–Crippen MR) is 92.6 cm³/mol. The highest BCUT2D eigenvalue weighted by molar-refractivity contribution is 7.16. The van der Waals surface area contributed by atoms with Crippen LogP contribution in [-0.4, -0.2) is 35.6 Å². The second-order valence-corrected chi connectivity index (χ2v) is 7.03. The van der Waals surface area contributed by atoms with Crippen LogP contribution in [0.2, 0.25) is 5.02 Å². The fourth-order valence-corrected chi connectivity index (χ4v) is 3.98. The van der Waals surface area contributed by atoms with Crippen LogP contribution >= 0.6 is 22.9 Å². The van der Waals surface area contributed by atoms with Gasteiger partial charge in [-0.15, -0.1) is 11.3 Å². The van der Waals surface area contributed by atoms with Gasteiger partial charge in [-0.3, -0.25) is 0 Å². The number of anilines is 1. The first-order valence-corrected chi connectivity index (χ1v) is 9.04. The first-order valence-electron chi connectivity index (χ1n) is 7.78. The number of likely N-dealkylation sites (tertiary alicyclic amines) is 1. The predicted octanol–water partition coefficient (Wildman–Crippen LogP) is 4.63. The standard InChI is InChI=1S/C16H22ClN3S/c1-2-8-20-9-3-4-12(7-10-20)19-15-13(17)5-6-14-16(15)18-11-21-14/h5-6,11-12,19H,2-4,7-10H2,1H3. The summed E-state index contributed by atoms with van der Waals surface area (Å²) < 4.78 is 1.20. The SMILES string of the molecule is CCCN1CCCC(Nc2c(Cl)ccc3scnc23)CC1. The summed E-state index contributed by atoms with van der Waals surface area (Å²) in [6.07, 6.45) is 4.87. The second-order valence-electron chi connectivity index (χ2n) is 5.74. The maximum absolute atomic E-state index is 6.39. The van der Waals surface area contributed by atoms with E-state index in [1.165, 1.54) is 50.0 Å². The smallest absolute Gasteiger partial charge is 0.106 e. The first-order chi connectivity index (χ1) is 10.3. The zero-order chi connectivity index (χ0) is 14.7. The number of nitrogens with zero attached hydrogens (tertiary/aromatic N) is 2. The van der Waals surface area contributed by atoms with E-state index >= 15 is 0 Å². The molecular weight excluding hydrogens is 302 g/mol. The molecule has 0 spiro atoms. The number of nitrogens with one attached hydrogen (secondary N) is 1. The van der Waals surface area contributed by atoms with Crippen molar-refractivity contribution in [2.24, 2.45) is 0 Å². The minimum Gasteiger partial charge on any atom is -0.379 e. The fourth-order valence-electron chi connectivity index (χ4n) is 3.09. The van der Waals surface area contributed by atoms with Crippen molar-refractivity contribution < 1.29 is 0 Å². The number of rotatable bonds is 4. The number of halogens is 1. The molecule has 0 radical (unpaired) electrons. The van der Waals surface area contributed by atoms with Crippen LogP contribution in [0.3, 0.4) is 0 Å². The highest BCUT2D eigenvalue weighted by Gasteiger charge is 2.18. The van der Waals surface area contributed by atoms with Crippen molar-refractivity contribution in [3.63, 3.8) is 0 Å². The summed E-state index contributed by atoms with van der Waals surface area (Å²) in [4.78, 5) is 7.05. The molecular formula is C16H22ClN3S. The van der Waals surface area contributed by atoms with Gasteiger partial charge in [-0.25, -0.2) is 4.98 Å². The van der Waals surface area contributed by atoms with Crippen molar-refractivity contribution >= 4 is 38.8 Å². The molecule has 2 aromatic rings. The number of hydrogen-bond donors (Lipinski definition) is 1. The Morgan fingerprint density at radius 3 is 3.14 bits per heavy atom. The van der Waals surface area contributed by atoms with Crippen molar-refractivity contribution in [2.75, 3.05) is 25.0 Å². The Bertz CT molecular complexity index is 598. The molecule has 3 rings (SSSR count). The fraction of sp³-hybridized carbons (Fsp3) is 0.562. The van der Waals surface area contributed by atoms with Crippen LogP contribution in [0.25, 0.3) is 10.2 Å². The van der Waals surface area contributed by atoms with Gasteiger partial charge in [0.1, 0.15) is 5.52 Å². The number of thiazole rings is 1. The third kappa shape index (κ3) is 3.50. The highest BCUT2D eigenvalue weighted by atomic mass is 35.5. The van der Waals surface area contributed by atoms with E-state index in [1.54, 1.807) is 11.3 Å². The summed E-state index contributed by atoms with van der Waals surface area (Å²) in [5.41, 5.74) is 3.92. The number of benzene rings is 1. The van der Waals surface area contributed by atoms with Crippen molar-refractivity contribution in [1.29, 1.82) is 0 Å². The lowest BCUT2D eigenvalue weighted by Crippen LogP contribution is -2.27. The summed E-state index contributed by atoms with van der Waals surface area (Å²) in [6.45, 7) is 5.87. The van der Waals surface area contributed by atoms with Crippen LogP contribution < -0.4 is 5.32 Å². The van der Waals surface area contributed by atoms with Crippen molar-refractivity contribution in [2.45, 2.75) is 38.6 Å². The lowest BCUT2D eigenvalue weighted by molar-refractivity contribution is 0.285. The molecule has 3 nitrogen and oxygen atoms in total. The van der Waals surface area contributed by atoms with Crippen LogP contribution in [0.4, 0.5) is 5.69 Å². The maximum Gasteiger partial charge on any atom is 0.106 e. The lowest BCUT2D eigenvalue weighted by atomic mass is 10.1. The van der Waals surface area contributed by atoms with Gasteiger partial charge in [0.25, 0.3) is 0 Å². The highest BCUT2D eigenvalue weighted by Crippen LogP contribution is 2.33. The monoisotopic (exact) mass is 323 g/mol. The van der Waals surface area contributed by atoms with E-state index in [2.05, 4.69) is 28.2 Å². The van der Waals surface area contributed by atoms with Crippen molar-refractivity contribution in [1.82, 2.24) is 9.88 Å². The lowest BCUT2D eigenvalue weighted by Gasteiger charge is -2.20. The quantitative estimate of drug-likeness (QED) is 0.889. The van der Waals surface area contributed by atoms with Gasteiger partial charge >= 0.3 is 0 Å². The Morgan fingerprint density at radius 1 is 1.38 bits per heavy atom. The minimum atomic E-state index is 0.497. The van der Waals surface area contributed by atoms with Crippen LogP contribution in [0.5, 0.6) is 0 Å². The van der Waals surface area contributed by atoms with E-state index in [0.29, 0.717) is 6.04 Å². The van der Waals surface area contributed by atoms with Crippen molar-refractivity contribution in [3.8, 4) is 0 Å². The largest absolute Gasteiger partial charge is 0.379 e. The Balaban J connectivity index is 1.73. The van der Waals surface area contributed by atoms with E-state index in [4.69, 9.17) is 11.6 Å². The average Bonchev–Trinajstić information content (AvgIpc) is 2.85. The third-order valence-electron chi connectivity index (χ3n) is 4.16. The molecule has 1 N–H and O–H groups in total. The molecule has 1 aromatic heterocycles. The maximum atomic E-state index is 6.39. The van der Waals surface area contributed by atoms with Crippen LogP contribution in [0, 0.1) is 0 Å². The Labute approximate surface area is 135 Å². The second kappa shape index (κ2) is 6.95. The van der Waals surface area contributed by atoms with Gasteiger partial charge in [-0.2, -0.15) is 0 Å². The van der Waals surface area contributed by atoms with Gasteiger partial charge in [-0.05, 0) is 50.9 Å². The molecule has 5 heteroatoms. The van der Waals surface area contributed by atoms with Gasteiger partial charge in [0.2, 0.25) is 0 Å². The minimum absolute atomic E-state index is 0.497. The normalized spacial score (nSPS) is 20.6. The van der Waals surface area contributed by atoms with Gasteiger partial charge in [0.05, 0.1) is 20.9 Å². The molecule has 1 aliphatic heterocycles. The summed E-state index contributed by atoms with van der Waals surface area (Å²) >= 11 is 8.06. The summed E-state index contributed by atoms with van der Waals surface area (Å²) in [6, 6.07) is 4.53.